The first kappa shape index (κ1) is 18.8. The molecule has 8 heteroatoms. The molecule has 25 heavy (non-hydrogen) atoms. The lowest BCUT2D eigenvalue weighted by Gasteiger charge is -2.11. The van der Waals surface area contributed by atoms with Crippen LogP contribution in [0.25, 0.3) is 0 Å². The summed E-state index contributed by atoms with van der Waals surface area (Å²) in [6, 6.07) is 6.20. The molecule has 2 aromatic rings. The number of carbonyl (C=O) groups is 1. The van der Waals surface area contributed by atoms with E-state index in [-0.39, 0.29) is 5.91 Å². The number of ether oxygens (including phenoxy) is 1. The molecule has 2 rings (SSSR count). The number of hydrogen-bond acceptors (Lipinski definition) is 3. The van der Waals surface area contributed by atoms with Crippen molar-refractivity contribution in [2.24, 2.45) is 0 Å². The van der Waals surface area contributed by atoms with E-state index in [4.69, 9.17) is 4.74 Å². The predicted molar refractivity (Wildman–Crippen MR) is 86.6 cm³/mol. The molecule has 136 valence electrons. The summed E-state index contributed by atoms with van der Waals surface area (Å²) in [4.78, 5) is 12.2. The van der Waals surface area contributed by atoms with Gasteiger partial charge in [0.1, 0.15) is 5.75 Å². The molecule has 1 aromatic carbocycles. The zero-order chi connectivity index (χ0) is 18.6. The number of alkyl halides is 3. The third-order valence-corrected chi connectivity index (χ3v) is 3.85. The second-order valence-electron chi connectivity index (χ2n) is 5.63. The molecule has 0 saturated heterocycles. The molecule has 0 saturated carbocycles. The Bertz CT molecular complexity index is 754. The number of aromatic nitrogens is 2. The molecule has 1 heterocycles. The minimum absolute atomic E-state index is 0.246. The summed E-state index contributed by atoms with van der Waals surface area (Å²) < 4.78 is 44.3. The van der Waals surface area contributed by atoms with Crippen LogP contribution in [0.5, 0.6) is 5.75 Å². The molecule has 0 atom stereocenters. The molecule has 1 amide bonds. The smallest absolute Gasteiger partial charge is 0.435 e. The van der Waals surface area contributed by atoms with Crippen molar-refractivity contribution >= 4 is 5.91 Å². The zero-order valence-corrected chi connectivity index (χ0v) is 14.3. The topological polar surface area (TPSA) is 56.1 Å². The van der Waals surface area contributed by atoms with Crippen molar-refractivity contribution in [3.8, 4) is 5.75 Å². The van der Waals surface area contributed by atoms with E-state index in [0.29, 0.717) is 36.5 Å². The van der Waals surface area contributed by atoms with Gasteiger partial charge < -0.3 is 10.1 Å². The van der Waals surface area contributed by atoms with Gasteiger partial charge in [0.05, 0.1) is 7.11 Å². The highest BCUT2D eigenvalue weighted by Crippen LogP contribution is 2.28. The monoisotopic (exact) mass is 355 g/mol. The van der Waals surface area contributed by atoms with Gasteiger partial charge in [-0.05, 0) is 38.5 Å². The summed E-state index contributed by atoms with van der Waals surface area (Å²) in [5.74, 6) is 0.379. The molecule has 0 aliphatic rings. The van der Waals surface area contributed by atoms with Gasteiger partial charge in [-0.25, -0.2) is 0 Å². The van der Waals surface area contributed by atoms with E-state index in [2.05, 4.69) is 10.4 Å². The highest BCUT2D eigenvalue weighted by Gasteiger charge is 2.34. The number of rotatable bonds is 6. The number of benzene rings is 1. The molecule has 0 bridgehead atoms. The number of nitrogens with zero attached hydrogens (tertiary/aromatic N) is 2. The van der Waals surface area contributed by atoms with Crippen molar-refractivity contribution in [2.45, 2.75) is 33.0 Å². The summed E-state index contributed by atoms with van der Waals surface area (Å²) in [7, 11) is 1.53. The van der Waals surface area contributed by atoms with Crippen molar-refractivity contribution in [3.05, 3.63) is 46.8 Å². The Kier molecular flexibility index (Phi) is 5.71. The lowest BCUT2D eigenvalue weighted by atomic mass is 10.1. The van der Waals surface area contributed by atoms with Crippen LogP contribution in [0.15, 0.2) is 24.3 Å². The van der Waals surface area contributed by atoms with Crippen LogP contribution in [0.4, 0.5) is 13.2 Å². The van der Waals surface area contributed by atoms with Crippen LogP contribution in [-0.4, -0.2) is 29.3 Å². The van der Waals surface area contributed by atoms with Gasteiger partial charge in [-0.2, -0.15) is 18.3 Å². The fourth-order valence-electron chi connectivity index (χ4n) is 2.48. The Labute approximate surface area is 143 Å². The molecule has 1 aromatic heterocycles. The fraction of sp³-hybridized carbons (Fsp3) is 0.412. The van der Waals surface area contributed by atoms with Crippen LogP contribution in [-0.2, 0) is 12.7 Å². The Morgan fingerprint density at radius 3 is 2.64 bits per heavy atom. The molecule has 0 aliphatic heterocycles. The molecule has 1 N–H and O–H groups in total. The van der Waals surface area contributed by atoms with Crippen molar-refractivity contribution in [1.82, 2.24) is 15.1 Å². The third-order valence-electron chi connectivity index (χ3n) is 3.85. The summed E-state index contributed by atoms with van der Waals surface area (Å²) in [6.45, 7) is 3.98. The van der Waals surface area contributed by atoms with E-state index in [1.165, 1.54) is 11.8 Å². The molecule has 0 spiro atoms. The normalized spacial score (nSPS) is 11.4. The van der Waals surface area contributed by atoms with Gasteiger partial charge in [-0.1, -0.05) is 6.07 Å². The Hall–Kier alpha value is -2.51. The first-order chi connectivity index (χ1) is 11.7. The minimum atomic E-state index is -4.45. The van der Waals surface area contributed by atoms with Gasteiger partial charge >= 0.3 is 6.18 Å². The summed E-state index contributed by atoms with van der Waals surface area (Å²) in [5.41, 5.74) is 0.776. The molecular weight excluding hydrogens is 335 g/mol. The maximum Gasteiger partial charge on any atom is 0.435 e. The van der Waals surface area contributed by atoms with Gasteiger partial charge in [-0.15, -0.1) is 0 Å². The molecule has 0 radical (unpaired) electrons. The third kappa shape index (κ3) is 4.52. The minimum Gasteiger partial charge on any atom is -0.496 e. The zero-order valence-electron chi connectivity index (χ0n) is 14.3. The molecule has 0 aliphatic carbocycles. The maximum absolute atomic E-state index is 12.6. The van der Waals surface area contributed by atoms with E-state index in [0.717, 1.165) is 11.6 Å². The quantitative estimate of drug-likeness (QED) is 0.809. The fourth-order valence-corrected chi connectivity index (χ4v) is 2.48. The molecular formula is C17H20F3N3O2. The standard InChI is InChI=1S/C17H20F3N3O2/c1-11-10-15(17(18,19)20)22-23(11)9-5-8-21-16(24)13-6-4-7-14(25-3)12(13)2/h4,6-7,10H,5,8-9H2,1-3H3,(H,21,24). The number of halogens is 3. The van der Waals surface area contributed by atoms with Crippen LogP contribution in [0.2, 0.25) is 0 Å². The summed E-state index contributed by atoms with van der Waals surface area (Å²) in [6.07, 6.45) is -3.98. The van der Waals surface area contributed by atoms with E-state index in [9.17, 15) is 18.0 Å². The van der Waals surface area contributed by atoms with Crippen molar-refractivity contribution in [1.29, 1.82) is 0 Å². The first-order valence-electron chi connectivity index (χ1n) is 7.77. The van der Waals surface area contributed by atoms with Gasteiger partial charge in [-0.3, -0.25) is 9.48 Å². The Balaban J connectivity index is 1.90. The van der Waals surface area contributed by atoms with E-state index in [1.54, 1.807) is 32.0 Å². The number of aryl methyl sites for hydroxylation is 2. The number of methoxy groups -OCH3 is 1. The maximum atomic E-state index is 12.6. The van der Waals surface area contributed by atoms with Gasteiger partial charge in [0.2, 0.25) is 0 Å². The number of amides is 1. The van der Waals surface area contributed by atoms with Crippen LogP contribution in [0.3, 0.4) is 0 Å². The Morgan fingerprint density at radius 2 is 2.04 bits per heavy atom. The van der Waals surface area contributed by atoms with E-state index < -0.39 is 11.9 Å². The number of carbonyl (C=O) groups excluding carboxylic acids is 1. The summed E-state index contributed by atoms with van der Waals surface area (Å²) >= 11 is 0. The lowest BCUT2D eigenvalue weighted by molar-refractivity contribution is -0.141. The van der Waals surface area contributed by atoms with Crippen LogP contribution in [0, 0.1) is 13.8 Å². The van der Waals surface area contributed by atoms with Crippen molar-refractivity contribution in [2.75, 3.05) is 13.7 Å². The average Bonchev–Trinajstić information content (AvgIpc) is 2.93. The lowest BCUT2D eigenvalue weighted by Crippen LogP contribution is -2.26. The number of nitrogens with one attached hydrogen (secondary N) is 1. The van der Waals surface area contributed by atoms with Crippen molar-refractivity contribution in [3.63, 3.8) is 0 Å². The largest absolute Gasteiger partial charge is 0.496 e. The van der Waals surface area contributed by atoms with Crippen LogP contribution >= 0.6 is 0 Å². The first-order valence-corrected chi connectivity index (χ1v) is 7.77. The van der Waals surface area contributed by atoms with Crippen molar-refractivity contribution < 1.29 is 22.7 Å². The molecule has 0 fully saturated rings. The highest BCUT2D eigenvalue weighted by atomic mass is 19.4. The molecule has 0 unspecified atom stereocenters. The van der Waals surface area contributed by atoms with Crippen LogP contribution in [0.1, 0.15) is 33.7 Å². The second kappa shape index (κ2) is 7.58. The highest BCUT2D eigenvalue weighted by molar-refractivity contribution is 5.96. The van der Waals surface area contributed by atoms with Gasteiger partial charge in [0.15, 0.2) is 5.69 Å². The van der Waals surface area contributed by atoms with Gasteiger partial charge in [0, 0.05) is 29.9 Å². The molecule has 5 nitrogen and oxygen atoms in total. The van der Waals surface area contributed by atoms with Crippen LogP contribution < -0.4 is 10.1 Å². The van der Waals surface area contributed by atoms with Gasteiger partial charge in [0.25, 0.3) is 5.91 Å². The Morgan fingerprint density at radius 1 is 1.32 bits per heavy atom. The predicted octanol–water partition coefficient (Wildman–Crippen LogP) is 3.35. The summed E-state index contributed by atoms with van der Waals surface area (Å²) in [5, 5.41) is 6.32. The second-order valence-corrected chi connectivity index (χ2v) is 5.63. The van der Waals surface area contributed by atoms with E-state index in [1.807, 2.05) is 0 Å². The average molecular weight is 355 g/mol. The number of hydrogen-bond donors (Lipinski definition) is 1. The van der Waals surface area contributed by atoms with E-state index >= 15 is 0 Å². The SMILES string of the molecule is COc1cccc(C(=O)NCCCn2nc(C(F)(F)F)cc2C)c1C.